The van der Waals surface area contributed by atoms with Crippen LogP contribution in [0.1, 0.15) is 25.3 Å². The van der Waals surface area contributed by atoms with Crippen molar-refractivity contribution in [3.8, 4) is 0 Å². The Labute approximate surface area is 194 Å². The van der Waals surface area contributed by atoms with Crippen LogP contribution in [0.3, 0.4) is 0 Å². The fourth-order valence-corrected chi connectivity index (χ4v) is 5.84. The second-order valence-corrected chi connectivity index (χ2v) is 10.8. The number of sulfonamides is 1. The maximum atomic E-state index is 13.0. The van der Waals surface area contributed by atoms with Gasteiger partial charge in [-0.2, -0.15) is 4.31 Å². The molecule has 2 heterocycles. The van der Waals surface area contributed by atoms with E-state index in [-0.39, 0.29) is 12.5 Å². The van der Waals surface area contributed by atoms with E-state index in [4.69, 9.17) is 11.6 Å². The predicted octanol–water partition coefficient (Wildman–Crippen LogP) is 4.07. The summed E-state index contributed by atoms with van der Waals surface area (Å²) in [5.41, 5.74) is 1.83. The third-order valence-corrected chi connectivity index (χ3v) is 8.37. The molecule has 0 spiro atoms. The first-order valence-electron chi connectivity index (χ1n) is 10.9. The molecule has 8 heteroatoms. The monoisotopic (exact) mass is 473 g/mol. The molecule has 1 N–H and O–H groups in total. The third kappa shape index (κ3) is 5.00. The Kier molecular flexibility index (Phi) is 6.88. The van der Waals surface area contributed by atoms with Gasteiger partial charge in [-0.15, -0.1) is 0 Å². The van der Waals surface area contributed by atoms with E-state index < -0.39 is 10.0 Å². The zero-order valence-corrected chi connectivity index (χ0v) is 19.7. The van der Waals surface area contributed by atoms with Gasteiger partial charge < -0.3 is 9.88 Å². The minimum Gasteiger partial charge on any atom is -0.354 e. The van der Waals surface area contributed by atoms with Crippen LogP contribution in [0.25, 0.3) is 10.9 Å². The second-order valence-electron chi connectivity index (χ2n) is 8.44. The second kappa shape index (κ2) is 9.65. The lowest BCUT2D eigenvalue weighted by atomic mass is 10.0. The van der Waals surface area contributed by atoms with Crippen LogP contribution in [-0.2, 0) is 27.8 Å². The number of hydrogen-bond acceptors (Lipinski definition) is 3. The van der Waals surface area contributed by atoms with Crippen molar-refractivity contribution in [2.75, 3.05) is 19.6 Å². The number of halogens is 1. The van der Waals surface area contributed by atoms with Crippen molar-refractivity contribution in [3.05, 3.63) is 65.3 Å². The number of piperidine rings is 1. The van der Waals surface area contributed by atoms with Crippen LogP contribution in [-0.4, -0.2) is 42.8 Å². The molecule has 2 aromatic carbocycles. The van der Waals surface area contributed by atoms with Crippen molar-refractivity contribution in [2.24, 2.45) is 5.92 Å². The number of nitrogens with one attached hydrogen (secondary N) is 1. The van der Waals surface area contributed by atoms with Crippen LogP contribution in [0.5, 0.6) is 0 Å². The first kappa shape index (κ1) is 22.8. The lowest BCUT2D eigenvalue weighted by molar-refractivity contribution is -0.121. The summed E-state index contributed by atoms with van der Waals surface area (Å²) in [6.45, 7) is 3.96. The van der Waals surface area contributed by atoms with Gasteiger partial charge in [0.25, 0.3) is 0 Å². The average molecular weight is 474 g/mol. The number of nitrogens with zero attached hydrogens (tertiary/aromatic N) is 2. The van der Waals surface area contributed by atoms with Crippen molar-refractivity contribution >= 4 is 38.4 Å². The summed E-state index contributed by atoms with van der Waals surface area (Å²) in [5.74, 6) is 0.461. The van der Waals surface area contributed by atoms with Gasteiger partial charge in [-0.3, -0.25) is 4.79 Å². The van der Waals surface area contributed by atoms with Gasteiger partial charge in [-0.1, -0.05) is 36.7 Å². The zero-order chi connectivity index (χ0) is 22.7. The fraction of sp³-hybridized carbons (Fsp3) is 0.375. The van der Waals surface area contributed by atoms with Crippen LogP contribution in [0.15, 0.2) is 59.6 Å². The summed E-state index contributed by atoms with van der Waals surface area (Å²) in [4.78, 5) is 12.7. The SMILES string of the molecule is CC1CCN(S(=O)(=O)c2ccc3c(ccn3CC(=O)NCCc3ccccc3Cl)c2)CC1. The van der Waals surface area contributed by atoms with Gasteiger partial charge in [0.15, 0.2) is 0 Å². The number of amides is 1. The van der Waals surface area contributed by atoms with E-state index in [1.54, 1.807) is 22.5 Å². The summed E-state index contributed by atoms with van der Waals surface area (Å²) >= 11 is 6.16. The Hall–Kier alpha value is -2.35. The number of benzene rings is 2. The Balaban J connectivity index is 1.40. The zero-order valence-electron chi connectivity index (χ0n) is 18.1. The Bertz CT molecular complexity index is 1210. The minimum atomic E-state index is -3.50. The van der Waals surface area contributed by atoms with Gasteiger partial charge in [0, 0.05) is 41.8 Å². The van der Waals surface area contributed by atoms with E-state index in [1.165, 1.54) is 0 Å². The van der Waals surface area contributed by atoms with Crippen LogP contribution in [0, 0.1) is 5.92 Å². The van der Waals surface area contributed by atoms with Crippen molar-refractivity contribution in [3.63, 3.8) is 0 Å². The molecule has 0 bridgehead atoms. The molecule has 0 unspecified atom stereocenters. The summed E-state index contributed by atoms with van der Waals surface area (Å²) in [6.07, 6.45) is 4.26. The summed E-state index contributed by atoms with van der Waals surface area (Å²) in [5, 5.41) is 4.43. The Morgan fingerprint density at radius 1 is 1.12 bits per heavy atom. The van der Waals surface area contributed by atoms with Gasteiger partial charge in [-0.25, -0.2) is 8.42 Å². The highest BCUT2D eigenvalue weighted by Crippen LogP contribution is 2.26. The highest BCUT2D eigenvalue weighted by Gasteiger charge is 2.28. The van der Waals surface area contributed by atoms with Crippen LogP contribution in [0.4, 0.5) is 0 Å². The van der Waals surface area contributed by atoms with Crippen LogP contribution < -0.4 is 5.32 Å². The molecular weight excluding hydrogens is 446 g/mol. The quantitative estimate of drug-likeness (QED) is 0.562. The molecular formula is C24H28ClN3O3S. The number of fused-ring (bicyclic) bond motifs is 1. The van der Waals surface area contributed by atoms with E-state index in [2.05, 4.69) is 12.2 Å². The fourth-order valence-electron chi connectivity index (χ4n) is 4.10. The maximum absolute atomic E-state index is 13.0. The lowest BCUT2D eigenvalue weighted by Crippen LogP contribution is -2.37. The molecule has 1 aliphatic rings. The molecule has 1 aliphatic heterocycles. The van der Waals surface area contributed by atoms with Gasteiger partial charge in [0.2, 0.25) is 15.9 Å². The molecule has 0 radical (unpaired) electrons. The predicted molar refractivity (Wildman–Crippen MR) is 127 cm³/mol. The van der Waals surface area contributed by atoms with E-state index >= 15 is 0 Å². The molecule has 1 fully saturated rings. The highest BCUT2D eigenvalue weighted by molar-refractivity contribution is 7.89. The van der Waals surface area contributed by atoms with Crippen LogP contribution in [0.2, 0.25) is 5.02 Å². The molecule has 0 saturated carbocycles. The molecule has 170 valence electrons. The molecule has 0 aliphatic carbocycles. The Morgan fingerprint density at radius 3 is 2.62 bits per heavy atom. The number of carbonyl (C=O) groups is 1. The molecule has 1 aromatic heterocycles. The van der Waals surface area contributed by atoms with Crippen molar-refractivity contribution in [1.29, 1.82) is 0 Å². The number of aromatic nitrogens is 1. The first-order chi connectivity index (χ1) is 15.3. The molecule has 6 nitrogen and oxygen atoms in total. The van der Waals surface area contributed by atoms with Gasteiger partial charge >= 0.3 is 0 Å². The highest BCUT2D eigenvalue weighted by atomic mass is 35.5. The normalized spacial score (nSPS) is 15.8. The molecule has 4 rings (SSSR count). The van der Waals surface area contributed by atoms with Crippen molar-refractivity contribution < 1.29 is 13.2 Å². The number of rotatable bonds is 7. The summed E-state index contributed by atoms with van der Waals surface area (Å²) in [6, 6.07) is 14.6. The van der Waals surface area contributed by atoms with Crippen molar-refractivity contribution in [1.82, 2.24) is 14.2 Å². The standard InChI is InChI=1S/C24H28ClN3O3S/c1-18-9-14-28(15-10-18)32(30,31)21-6-7-23-20(16-21)11-13-27(23)17-24(29)26-12-8-19-4-2-3-5-22(19)25/h2-7,11,13,16,18H,8-10,12,14-15,17H2,1H3,(H,26,29). The van der Waals surface area contributed by atoms with Gasteiger partial charge in [-0.05, 0) is 61.1 Å². The van der Waals surface area contributed by atoms with Crippen molar-refractivity contribution in [2.45, 2.75) is 37.6 Å². The lowest BCUT2D eigenvalue weighted by Gasteiger charge is -2.29. The molecule has 0 atom stereocenters. The smallest absolute Gasteiger partial charge is 0.243 e. The third-order valence-electron chi connectivity index (χ3n) is 6.11. The molecule has 1 amide bonds. The van der Waals surface area contributed by atoms with E-state index in [1.807, 2.05) is 41.1 Å². The molecule has 1 saturated heterocycles. The number of carbonyl (C=O) groups excluding carboxylic acids is 1. The van der Waals surface area contributed by atoms with E-state index in [0.717, 1.165) is 29.3 Å². The number of hydrogen-bond donors (Lipinski definition) is 1. The van der Waals surface area contributed by atoms with Gasteiger partial charge in [0.1, 0.15) is 6.54 Å². The van der Waals surface area contributed by atoms with Crippen LogP contribution >= 0.6 is 11.6 Å². The minimum absolute atomic E-state index is 0.103. The summed E-state index contributed by atoms with van der Waals surface area (Å²) < 4.78 is 29.5. The summed E-state index contributed by atoms with van der Waals surface area (Å²) in [7, 11) is -3.50. The molecule has 3 aromatic rings. The Morgan fingerprint density at radius 2 is 1.88 bits per heavy atom. The van der Waals surface area contributed by atoms with Gasteiger partial charge in [0.05, 0.1) is 4.90 Å². The van der Waals surface area contributed by atoms with E-state index in [9.17, 15) is 13.2 Å². The largest absolute Gasteiger partial charge is 0.354 e. The maximum Gasteiger partial charge on any atom is 0.243 e. The first-order valence-corrected chi connectivity index (χ1v) is 12.8. The topological polar surface area (TPSA) is 71.4 Å². The average Bonchev–Trinajstić information content (AvgIpc) is 3.17. The molecule has 32 heavy (non-hydrogen) atoms. The van der Waals surface area contributed by atoms with E-state index in [0.29, 0.717) is 41.9 Å².